The molecule has 1 amide bonds. The predicted molar refractivity (Wildman–Crippen MR) is 131 cm³/mol. The first-order valence-corrected chi connectivity index (χ1v) is 11.8. The van der Waals surface area contributed by atoms with Crippen LogP contribution in [0, 0.1) is 0 Å². The molecule has 1 aromatic heterocycles. The number of aryl methyl sites for hydroxylation is 1. The first-order valence-electron chi connectivity index (χ1n) is 11.8. The highest BCUT2D eigenvalue weighted by atomic mass is 16.4. The van der Waals surface area contributed by atoms with Gasteiger partial charge < -0.3 is 14.9 Å². The van der Waals surface area contributed by atoms with Gasteiger partial charge in [0.25, 0.3) is 0 Å². The molecule has 176 valence electrons. The highest BCUT2D eigenvalue weighted by molar-refractivity contribution is 5.91. The summed E-state index contributed by atoms with van der Waals surface area (Å²) in [5, 5.41) is 9.96. The fourth-order valence-corrected chi connectivity index (χ4v) is 4.81. The van der Waals surface area contributed by atoms with Crippen LogP contribution in [0.25, 0.3) is 0 Å². The van der Waals surface area contributed by atoms with Crippen LogP contribution in [-0.2, 0) is 16.0 Å². The summed E-state index contributed by atoms with van der Waals surface area (Å²) in [6, 6.07) is 22.4. The molecule has 0 spiro atoms. The number of carbonyl (C=O) groups is 2. The second kappa shape index (κ2) is 11.1. The Balaban J connectivity index is 1.49. The fourth-order valence-electron chi connectivity index (χ4n) is 4.81. The van der Waals surface area contributed by atoms with Crippen molar-refractivity contribution in [2.24, 2.45) is 0 Å². The summed E-state index contributed by atoms with van der Waals surface area (Å²) < 4.78 is 0. The van der Waals surface area contributed by atoms with Gasteiger partial charge in [-0.15, -0.1) is 0 Å². The third kappa shape index (κ3) is 5.51. The third-order valence-corrected chi connectivity index (χ3v) is 6.68. The van der Waals surface area contributed by atoms with Gasteiger partial charge >= 0.3 is 5.97 Å². The molecule has 0 saturated carbocycles. The molecule has 6 heteroatoms. The predicted octanol–water partition coefficient (Wildman–Crippen LogP) is 3.83. The monoisotopic (exact) mass is 457 g/mol. The van der Waals surface area contributed by atoms with E-state index in [0.29, 0.717) is 13.0 Å². The summed E-state index contributed by atoms with van der Waals surface area (Å²) in [5.74, 6) is -1.63. The van der Waals surface area contributed by atoms with Crippen LogP contribution in [0.15, 0.2) is 85.2 Å². The van der Waals surface area contributed by atoms with Crippen molar-refractivity contribution < 1.29 is 14.7 Å². The molecule has 2 atom stereocenters. The third-order valence-electron chi connectivity index (χ3n) is 6.68. The number of likely N-dealkylation sites (tertiary alicyclic amines) is 1. The van der Waals surface area contributed by atoms with Crippen molar-refractivity contribution in [2.45, 2.75) is 37.3 Å². The zero-order valence-electron chi connectivity index (χ0n) is 19.5. The summed E-state index contributed by atoms with van der Waals surface area (Å²) >= 11 is 0. The van der Waals surface area contributed by atoms with E-state index in [1.54, 1.807) is 11.1 Å². The number of hydrogen-bond acceptors (Lipinski definition) is 4. The highest BCUT2D eigenvalue weighted by Gasteiger charge is 2.43. The van der Waals surface area contributed by atoms with Crippen LogP contribution >= 0.6 is 0 Å². The molecule has 1 aliphatic rings. The molecule has 0 aliphatic carbocycles. The maximum Gasteiger partial charge on any atom is 0.326 e. The Kier molecular flexibility index (Phi) is 7.70. The quantitative estimate of drug-likeness (QED) is 0.529. The number of amides is 1. The molecule has 3 aromatic rings. The molecule has 1 saturated heterocycles. The van der Waals surface area contributed by atoms with Gasteiger partial charge in [-0.25, -0.2) is 4.79 Å². The van der Waals surface area contributed by atoms with Crippen LogP contribution in [0.2, 0.25) is 0 Å². The van der Waals surface area contributed by atoms with Crippen LogP contribution in [-0.4, -0.2) is 64.0 Å². The Bertz CT molecular complexity index is 1040. The lowest BCUT2D eigenvalue weighted by Crippen LogP contribution is -2.43. The number of likely N-dealkylation sites (N-methyl/N-ethyl adjacent to an activating group) is 1. The van der Waals surface area contributed by atoms with E-state index in [0.717, 1.165) is 30.5 Å². The van der Waals surface area contributed by atoms with E-state index in [-0.39, 0.29) is 11.9 Å². The first-order chi connectivity index (χ1) is 16.5. The van der Waals surface area contributed by atoms with Crippen molar-refractivity contribution in [1.82, 2.24) is 14.8 Å². The van der Waals surface area contributed by atoms with E-state index < -0.39 is 17.9 Å². The lowest BCUT2D eigenvalue weighted by atomic mass is 9.90. The van der Waals surface area contributed by atoms with Crippen molar-refractivity contribution in [2.75, 3.05) is 20.1 Å². The second-order valence-electron chi connectivity index (χ2n) is 8.93. The molecular weight excluding hydrogens is 426 g/mol. The van der Waals surface area contributed by atoms with Gasteiger partial charge in [-0.05, 0) is 55.6 Å². The topological polar surface area (TPSA) is 73.7 Å². The summed E-state index contributed by atoms with van der Waals surface area (Å²) in [5.41, 5.74) is 2.93. The summed E-state index contributed by atoms with van der Waals surface area (Å²) in [4.78, 5) is 34.0. The van der Waals surface area contributed by atoms with Crippen molar-refractivity contribution in [1.29, 1.82) is 0 Å². The maximum absolute atomic E-state index is 13.9. The zero-order valence-corrected chi connectivity index (χ0v) is 19.5. The molecule has 34 heavy (non-hydrogen) atoms. The molecule has 2 heterocycles. The first kappa shape index (κ1) is 23.6. The van der Waals surface area contributed by atoms with Gasteiger partial charge in [-0.3, -0.25) is 9.78 Å². The minimum atomic E-state index is -0.945. The molecule has 1 fully saturated rings. The number of carbonyl (C=O) groups excluding carboxylic acids is 1. The van der Waals surface area contributed by atoms with Crippen LogP contribution in [0.1, 0.15) is 35.4 Å². The lowest BCUT2D eigenvalue weighted by Gasteiger charge is -2.28. The SMILES string of the molecule is CN(CCCc1cccnc1)[C@H]1C[C@@H](C(=O)O)N(C(=O)C(c2ccccc2)c2ccccc2)C1. The molecular formula is C28H31N3O3. The Morgan fingerprint density at radius 1 is 1.03 bits per heavy atom. The molecule has 0 radical (unpaired) electrons. The number of rotatable bonds is 9. The highest BCUT2D eigenvalue weighted by Crippen LogP contribution is 2.31. The zero-order chi connectivity index (χ0) is 23.9. The van der Waals surface area contributed by atoms with Crippen molar-refractivity contribution in [3.63, 3.8) is 0 Å². The van der Waals surface area contributed by atoms with Crippen molar-refractivity contribution in [3.05, 3.63) is 102 Å². The number of aromatic nitrogens is 1. The molecule has 4 rings (SSSR count). The number of benzene rings is 2. The van der Waals surface area contributed by atoms with Gasteiger partial charge in [-0.2, -0.15) is 0 Å². The van der Waals surface area contributed by atoms with E-state index >= 15 is 0 Å². The van der Waals surface area contributed by atoms with E-state index in [4.69, 9.17) is 0 Å². The van der Waals surface area contributed by atoms with Gasteiger partial charge in [0.2, 0.25) is 5.91 Å². The molecule has 0 bridgehead atoms. The number of carboxylic acids is 1. The normalized spacial score (nSPS) is 17.9. The lowest BCUT2D eigenvalue weighted by molar-refractivity contribution is -0.148. The van der Waals surface area contributed by atoms with Crippen LogP contribution < -0.4 is 0 Å². The van der Waals surface area contributed by atoms with E-state index in [2.05, 4.69) is 16.0 Å². The molecule has 6 nitrogen and oxygen atoms in total. The van der Waals surface area contributed by atoms with Gasteiger partial charge in [0.05, 0.1) is 5.92 Å². The molecule has 1 N–H and O–H groups in total. The number of carboxylic acid groups (broad SMARTS) is 1. The largest absolute Gasteiger partial charge is 0.480 e. The maximum atomic E-state index is 13.9. The van der Waals surface area contributed by atoms with Crippen molar-refractivity contribution in [3.8, 4) is 0 Å². The van der Waals surface area contributed by atoms with Gasteiger partial charge in [0, 0.05) is 25.0 Å². The van der Waals surface area contributed by atoms with E-state index in [9.17, 15) is 14.7 Å². The van der Waals surface area contributed by atoms with Crippen LogP contribution in [0.5, 0.6) is 0 Å². The second-order valence-corrected chi connectivity index (χ2v) is 8.93. The average molecular weight is 458 g/mol. The minimum absolute atomic E-state index is 0.00569. The Labute approximate surface area is 200 Å². The summed E-state index contributed by atoms with van der Waals surface area (Å²) in [7, 11) is 2.02. The van der Waals surface area contributed by atoms with Gasteiger partial charge in [0.1, 0.15) is 6.04 Å². The standard InChI is InChI=1S/C28H31N3O3/c1-30(17-9-11-21-10-8-16-29-19-21)24-18-25(28(33)34)31(20-24)27(32)26(22-12-4-2-5-13-22)23-14-6-3-7-15-23/h2-8,10,12-16,19,24-26H,9,11,17-18,20H2,1H3,(H,33,34)/t24-,25-/m0/s1. The molecule has 2 aromatic carbocycles. The smallest absolute Gasteiger partial charge is 0.326 e. The summed E-state index contributed by atoms with van der Waals surface area (Å²) in [6.45, 7) is 1.24. The number of pyridine rings is 1. The van der Waals surface area contributed by atoms with E-state index in [1.165, 1.54) is 5.56 Å². The Hall–Kier alpha value is -3.51. The van der Waals surface area contributed by atoms with Crippen LogP contribution in [0.4, 0.5) is 0 Å². The number of hydrogen-bond donors (Lipinski definition) is 1. The van der Waals surface area contributed by atoms with Crippen molar-refractivity contribution >= 4 is 11.9 Å². The molecule has 0 unspecified atom stereocenters. The van der Waals surface area contributed by atoms with Gasteiger partial charge in [0.15, 0.2) is 0 Å². The number of nitrogens with zero attached hydrogens (tertiary/aromatic N) is 3. The summed E-state index contributed by atoms with van der Waals surface area (Å²) in [6.07, 6.45) is 5.94. The average Bonchev–Trinajstić information content (AvgIpc) is 3.32. The van der Waals surface area contributed by atoms with E-state index in [1.807, 2.05) is 80.0 Å². The number of aliphatic carboxylic acids is 1. The Morgan fingerprint density at radius 2 is 1.68 bits per heavy atom. The Morgan fingerprint density at radius 3 is 2.24 bits per heavy atom. The van der Waals surface area contributed by atoms with Gasteiger partial charge in [-0.1, -0.05) is 66.7 Å². The molecule has 1 aliphatic heterocycles. The van der Waals surface area contributed by atoms with Crippen LogP contribution in [0.3, 0.4) is 0 Å². The fraction of sp³-hybridized carbons (Fsp3) is 0.321. The minimum Gasteiger partial charge on any atom is -0.480 e.